The van der Waals surface area contributed by atoms with Gasteiger partial charge >= 0.3 is 17.9 Å². The standard InChI is InChI=1S/C74H122O6/c1-4-7-10-13-16-19-22-25-27-29-31-33-34-35-36-37-38-39-40-42-43-45-47-49-52-55-58-61-64-67-73(76)79-70-71(69-78-72(75)66-63-60-57-54-51-24-21-18-15-12-9-6-3)80-74(77)68-65-62-59-56-53-50-48-46-44-41-32-30-28-26-23-20-17-14-11-8-5-2/h7,10,16,18-19,21,25,27,30-33,35-36,38-39,42-43,47,49,55,58,71H,4-6,8-9,11-15,17,20,22-24,26,28-29,34,37,40-41,44-46,48,50-54,56-57,59-70H2,1-3H3/b10-7-,19-16-,21-18-,27-25-,32-30-,33-31-,36-35-,39-38-,43-42-,49-47-,58-55-. The summed E-state index contributed by atoms with van der Waals surface area (Å²) in [6.45, 7) is 6.46. The molecule has 0 aromatic carbocycles. The summed E-state index contributed by atoms with van der Waals surface area (Å²) in [5.41, 5.74) is 0. The van der Waals surface area contributed by atoms with Gasteiger partial charge in [-0.2, -0.15) is 0 Å². The lowest BCUT2D eigenvalue weighted by molar-refractivity contribution is -0.167. The molecule has 0 heterocycles. The Hall–Kier alpha value is -4.45. The fraction of sp³-hybridized carbons (Fsp3) is 0.662. The van der Waals surface area contributed by atoms with E-state index in [1.54, 1.807) is 0 Å². The monoisotopic (exact) mass is 1110 g/mol. The van der Waals surface area contributed by atoms with E-state index in [-0.39, 0.29) is 37.5 Å². The van der Waals surface area contributed by atoms with E-state index in [1.807, 2.05) is 0 Å². The Morgan fingerprint density at radius 2 is 0.500 bits per heavy atom. The molecule has 1 unspecified atom stereocenters. The first-order valence-corrected chi connectivity index (χ1v) is 33.2. The van der Waals surface area contributed by atoms with E-state index < -0.39 is 6.10 Å². The molecule has 1 atom stereocenters. The maximum atomic E-state index is 12.9. The van der Waals surface area contributed by atoms with E-state index in [2.05, 4.69) is 154 Å². The van der Waals surface area contributed by atoms with Crippen LogP contribution in [0.1, 0.15) is 297 Å². The zero-order chi connectivity index (χ0) is 57.8. The molecule has 80 heavy (non-hydrogen) atoms. The van der Waals surface area contributed by atoms with Gasteiger partial charge in [0.1, 0.15) is 13.2 Å². The number of carbonyl (C=O) groups is 3. The fourth-order valence-corrected chi connectivity index (χ4v) is 8.90. The Morgan fingerprint density at radius 3 is 0.850 bits per heavy atom. The maximum absolute atomic E-state index is 12.9. The average Bonchev–Trinajstić information content (AvgIpc) is 3.46. The van der Waals surface area contributed by atoms with E-state index in [0.29, 0.717) is 19.3 Å². The summed E-state index contributed by atoms with van der Waals surface area (Å²) in [5.74, 6) is -0.973. The van der Waals surface area contributed by atoms with Crippen LogP contribution in [-0.4, -0.2) is 37.2 Å². The molecule has 0 saturated carbocycles. The molecule has 0 N–H and O–H groups in total. The van der Waals surface area contributed by atoms with E-state index in [9.17, 15) is 14.4 Å². The lowest BCUT2D eigenvalue weighted by Crippen LogP contribution is -2.30. The fourth-order valence-electron chi connectivity index (χ4n) is 8.90. The van der Waals surface area contributed by atoms with Crippen LogP contribution in [0.15, 0.2) is 134 Å². The van der Waals surface area contributed by atoms with Crippen LogP contribution in [-0.2, 0) is 28.6 Å². The third-order valence-electron chi connectivity index (χ3n) is 13.9. The van der Waals surface area contributed by atoms with E-state index in [0.717, 1.165) is 116 Å². The van der Waals surface area contributed by atoms with Crippen LogP contribution in [0, 0.1) is 0 Å². The largest absolute Gasteiger partial charge is 0.462 e. The van der Waals surface area contributed by atoms with Crippen LogP contribution < -0.4 is 0 Å². The summed E-state index contributed by atoms with van der Waals surface area (Å²) in [7, 11) is 0. The highest BCUT2D eigenvalue weighted by atomic mass is 16.6. The first-order chi connectivity index (χ1) is 39.5. The second kappa shape index (κ2) is 67.1. The summed E-state index contributed by atoms with van der Waals surface area (Å²) in [6, 6.07) is 0. The molecular formula is C74H122O6. The minimum Gasteiger partial charge on any atom is -0.462 e. The second-order valence-electron chi connectivity index (χ2n) is 21.6. The molecule has 0 amide bonds. The first-order valence-electron chi connectivity index (χ1n) is 33.2. The van der Waals surface area contributed by atoms with E-state index in [4.69, 9.17) is 14.2 Å². The van der Waals surface area contributed by atoms with Crippen molar-refractivity contribution in [2.24, 2.45) is 0 Å². The summed E-state index contributed by atoms with van der Waals surface area (Å²) >= 11 is 0. The molecule has 454 valence electrons. The van der Waals surface area contributed by atoms with Crippen LogP contribution in [0.2, 0.25) is 0 Å². The zero-order valence-corrected chi connectivity index (χ0v) is 52.0. The molecule has 0 bridgehead atoms. The maximum Gasteiger partial charge on any atom is 0.306 e. The lowest BCUT2D eigenvalue weighted by Gasteiger charge is -2.18. The number of rotatable bonds is 59. The smallest absolute Gasteiger partial charge is 0.306 e. The highest BCUT2D eigenvalue weighted by molar-refractivity contribution is 5.71. The van der Waals surface area contributed by atoms with Gasteiger partial charge in [0, 0.05) is 19.3 Å². The van der Waals surface area contributed by atoms with Gasteiger partial charge in [-0.1, -0.05) is 276 Å². The van der Waals surface area contributed by atoms with Gasteiger partial charge in [-0.25, -0.2) is 0 Å². The predicted octanol–water partition coefficient (Wildman–Crippen LogP) is 22.9. The van der Waals surface area contributed by atoms with Gasteiger partial charge in [0.2, 0.25) is 0 Å². The van der Waals surface area contributed by atoms with Crippen LogP contribution in [0.3, 0.4) is 0 Å². The molecule has 0 fully saturated rings. The van der Waals surface area contributed by atoms with Gasteiger partial charge in [-0.15, -0.1) is 0 Å². The third-order valence-corrected chi connectivity index (χ3v) is 13.9. The molecule has 6 nitrogen and oxygen atoms in total. The minimum absolute atomic E-state index is 0.104. The molecule has 0 aromatic rings. The first kappa shape index (κ1) is 75.5. The van der Waals surface area contributed by atoms with Crippen molar-refractivity contribution in [3.8, 4) is 0 Å². The Bertz CT molecular complexity index is 1700. The molecule has 6 heteroatoms. The number of hydrogen-bond acceptors (Lipinski definition) is 6. The van der Waals surface area contributed by atoms with Crippen molar-refractivity contribution in [3.63, 3.8) is 0 Å². The van der Waals surface area contributed by atoms with Crippen molar-refractivity contribution in [3.05, 3.63) is 134 Å². The van der Waals surface area contributed by atoms with Gasteiger partial charge < -0.3 is 14.2 Å². The highest BCUT2D eigenvalue weighted by Crippen LogP contribution is 2.15. The molecule has 0 aromatic heterocycles. The van der Waals surface area contributed by atoms with Crippen molar-refractivity contribution >= 4 is 17.9 Å². The predicted molar refractivity (Wildman–Crippen MR) is 348 cm³/mol. The van der Waals surface area contributed by atoms with Crippen molar-refractivity contribution in [1.82, 2.24) is 0 Å². The second-order valence-corrected chi connectivity index (χ2v) is 21.6. The van der Waals surface area contributed by atoms with Gasteiger partial charge in [-0.05, 0) is 135 Å². The summed E-state index contributed by atoms with van der Waals surface area (Å²) in [4.78, 5) is 38.3. The molecule has 0 aliphatic rings. The normalized spacial score (nSPS) is 13.0. The summed E-state index contributed by atoms with van der Waals surface area (Å²) < 4.78 is 16.9. The number of carbonyl (C=O) groups excluding carboxylic acids is 3. The third kappa shape index (κ3) is 64.4. The molecule has 0 rings (SSSR count). The van der Waals surface area contributed by atoms with Crippen LogP contribution in [0.25, 0.3) is 0 Å². The molecule has 0 saturated heterocycles. The molecule has 0 aliphatic carbocycles. The van der Waals surface area contributed by atoms with E-state index >= 15 is 0 Å². The average molecular weight is 1110 g/mol. The molecule has 0 aliphatic heterocycles. The van der Waals surface area contributed by atoms with Gasteiger partial charge in [0.15, 0.2) is 6.10 Å². The van der Waals surface area contributed by atoms with Gasteiger partial charge in [0.25, 0.3) is 0 Å². The van der Waals surface area contributed by atoms with Crippen molar-refractivity contribution in [2.45, 2.75) is 303 Å². The Kier molecular flexibility index (Phi) is 63.3. The van der Waals surface area contributed by atoms with Gasteiger partial charge in [0.05, 0.1) is 0 Å². The number of ether oxygens (including phenoxy) is 3. The highest BCUT2D eigenvalue weighted by Gasteiger charge is 2.19. The van der Waals surface area contributed by atoms with Crippen molar-refractivity contribution in [2.75, 3.05) is 13.2 Å². The SMILES string of the molecule is CC/C=C\C/C=C\C/C=C\C/C=C\C/C=C\C/C=C\C/C=C\C/C=C\C/C=C\CCCC(=O)OCC(COC(=O)CCCCCCC/C=C\CCCCC)OC(=O)CCCCCCCCCCC/C=C\CCCCCCCCCC. The van der Waals surface area contributed by atoms with Gasteiger partial charge in [-0.3, -0.25) is 14.4 Å². The summed E-state index contributed by atoms with van der Waals surface area (Å²) in [5, 5.41) is 0. The molecule has 0 spiro atoms. The number of esters is 3. The topological polar surface area (TPSA) is 78.9 Å². The van der Waals surface area contributed by atoms with Crippen molar-refractivity contribution < 1.29 is 28.6 Å². The Labute approximate surface area is 494 Å². The molecule has 0 radical (unpaired) electrons. The van der Waals surface area contributed by atoms with Crippen LogP contribution >= 0.6 is 0 Å². The summed E-state index contributed by atoms with van der Waals surface area (Å²) in [6.07, 6.45) is 94.7. The van der Waals surface area contributed by atoms with Crippen molar-refractivity contribution in [1.29, 1.82) is 0 Å². The Morgan fingerprint density at radius 1 is 0.263 bits per heavy atom. The zero-order valence-electron chi connectivity index (χ0n) is 52.0. The quantitative estimate of drug-likeness (QED) is 0.0261. The van der Waals surface area contributed by atoms with Crippen LogP contribution in [0.4, 0.5) is 0 Å². The Balaban J connectivity index is 4.42. The lowest BCUT2D eigenvalue weighted by atomic mass is 10.1. The minimum atomic E-state index is -0.811. The van der Waals surface area contributed by atoms with E-state index in [1.165, 1.54) is 135 Å². The number of unbranched alkanes of at least 4 members (excludes halogenated alkanes) is 26. The van der Waals surface area contributed by atoms with Crippen LogP contribution in [0.5, 0.6) is 0 Å². The molecular weight excluding hydrogens is 985 g/mol. The number of hydrogen-bond donors (Lipinski definition) is 0. The number of allylic oxidation sites excluding steroid dienone is 22.